The number of hydrogen-bond donors (Lipinski definition) is 0. The second kappa shape index (κ2) is 14.8. The van der Waals surface area contributed by atoms with Crippen molar-refractivity contribution in [1.29, 1.82) is 0 Å². The molecule has 0 spiro atoms. The first-order valence-corrected chi connectivity index (χ1v) is 12.7. The molecule has 3 rings (SSSR count). The molecule has 0 saturated heterocycles. The molecular weight excluding hydrogens is 496 g/mol. The quantitative estimate of drug-likeness (QED) is 0.0776. The highest BCUT2D eigenvalue weighted by Crippen LogP contribution is 2.30. The second-order valence-electron chi connectivity index (χ2n) is 8.56. The lowest BCUT2D eigenvalue weighted by molar-refractivity contribution is 0.263. The first kappa shape index (κ1) is 28.7. The lowest BCUT2D eigenvalue weighted by atomic mass is 10.1. The van der Waals surface area contributed by atoms with Crippen molar-refractivity contribution in [2.75, 3.05) is 13.2 Å². The molecule has 0 bridgehead atoms. The summed E-state index contributed by atoms with van der Waals surface area (Å²) in [5, 5.41) is 8.31. The van der Waals surface area contributed by atoms with Gasteiger partial charge < -0.3 is 9.47 Å². The lowest BCUT2D eigenvalue weighted by Gasteiger charge is -2.10. The number of halogens is 4. The maximum atomic E-state index is 14.5. The third-order valence-electron chi connectivity index (χ3n) is 5.55. The number of unbranched alkanes of at least 4 members (excludes halogenated alkanes) is 4. The predicted octanol–water partition coefficient (Wildman–Crippen LogP) is 9.20. The molecule has 0 unspecified atom stereocenters. The summed E-state index contributed by atoms with van der Waals surface area (Å²) in [4.78, 5) is 0. The molecule has 0 aliphatic heterocycles. The molecule has 8 heteroatoms. The molecule has 3 aromatic rings. The number of azo groups is 1. The van der Waals surface area contributed by atoms with Crippen LogP contribution in [0.15, 0.2) is 58.8 Å². The standard InChI is InChI=1S/C30H30F4N2O2/c1-3-5-7-8-20-38-30-28(33)26(31)25(27(32)29(30)34)18-11-21-9-12-22(13-10-21)35-36-23-14-16-24(17-15-23)37-19-6-4-2/h9-10,12-17H,3-8,19-20H2,1-2H3. The molecule has 0 atom stereocenters. The molecule has 0 amide bonds. The van der Waals surface area contributed by atoms with E-state index in [1.54, 1.807) is 36.4 Å². The molecule has 200 valence electrons. The number of benzene rings is 3. The van der Waals surface area contributed by atoms with Crippen LogP contribution in [0.1, 0.15) is 63.5 Å². The van der Waals surface area contributed by atoms with Gasteiger partial charge in [0.15, 0.2) is 17.4 Å². The van der Waals surface area contributed by atoms with E-state index in [9.17, 15) is 17.6 Å². The van der Waals surface area contributed by atoms with Crippen molar-refractivity contribution in [3.8, 4) is 23.3 Å². The van der Waals surface area contributed by atoms with Gasteiger partial charge in [0.1, 0.15) is 11.3 Å². The van der Waals surface area contributed by atoms with Gasteiger partial charge in [-0.05, 0) is 61.4 Å². The predicted molar refractivity (Wildman–Crippen MR) is 139 cm³/mol. The Labute approximate surface area is 220 Å². The summed E-state index contributed by atoms with van der Waals surface area (Å²) in [5.74, 6) is -1.96. The fraction of sp³-hybridized carbons (Fsp3) is 0.333. The van der Waals surface area contributed by atoms with Gasteiger partial charge in [-0.25, -0.2) is 8.78 Å². The van der Waals surface area contributed by atoms with Crippen LogP contribution in [0.3, 0.4) is 0 Å². The van der Waals surface area contributed by atoms with Gasteiger partial charge in [0.05, 0.1) is 24.6 Å². The Morgan fingerprint density at radius 2 is 1.16 bits per heavy atom. The molecule has 0 fully saturated rings. The van der Waals surface area contributed by atoms with E-state index >= 15 is 0 Å². The Kier molecular flexibility index (Phi) is 11.2. The van der Waals surface area contributed by atoms with E-state index in [0.717, 1.165) is 37.9 Å². The molecule has 0 aliphatic rings. The van der Waals surface area contributed by atoms with Gasteiger partial charge in [0, 0.05) is 5.56 Å². The summed E-state index contributed by atoms with van der Waals surface area (Å²) < 4.78 is 68.3. The van der Waals surface area contributed by atoms with Crippen LogP contribution >= 0.6 is 0 Å². The van der Waals surface area contributed by atoms with Crippen LogP contribution in [0.4, 0.5) is 28.9 Å². The second-order valence-corrected chi connectivity index (χ2v) is 8.56. The van der Waals surface area contributed by atoms with E-state index in [0.29, 0.717) is 30.0 Å². The van der Waals surface area contributed by atoms with Crippen LogP contribution < -0.4 is 9.47 Å². The Bertz CT molecular complexity index is 1250. The lowest BCUT2D eigenvalue weighted by Crippen LogP contribution is -2.08. The summed E-state index contributed by atoms with van der Waals surface area (Å²) in [5.41, 5.74) is 0.534. The van der Waals surface area contributed by atoms with Crippen LogP contribution in [-0.2, 0) is 0 Å². The van der Waals surface area contributed by atoms with Crippen molar-refractivity contribution >= 4 is 11.4 Å². The molecule has 0 saturated carbocycles. The number of hydrogen-bond acceptors (Lipinski definition) is 4. The maximum Gasteiger partial charge on any atom is 0.205 e. The smallest absolute Gasteiger partial charge is 0.205 e. The molecule has 0 heterocycles. The van der Waals surface area contributed by atoms with Crippen LogP contribution in [0.2, 0.25) is 0 Å². The van der Waals surface area contributed by atoms with E-state index < -0.39 is 34.6 Å². The first-order chi connectivity index (χ1) is 18.4. The van der Waals surface area contributed by atoms with Crippen LogP contribution in [0.5, 0.6) is 11.5 Å². The molecule has 0 N–H and O–H groups in total. The van der Waals surface area contributed by atoms with Gasteiger partial charge in [-0.15, -0.1) is 0 Å². The zero-order valence-corrected chi connectivity index (χ0v) is 21.5. The summed E-state index contributed by atoms with van der Waals surface area (Å²) in [6, 6.07) is 13.5. The van der Waals surface area contributed by atoms with Crippen molar-refractivity contribution in [3.63, 3.8) is 0 Å². The van der Waals surface area contributed by atoms with Gasteiger partial charge >= 0.3 is 0 Å². The fourth-order valence-corrected chi connectivity index (χ4v) is 3.36. The Balaban J connectivity index is 1.66. The summed E-state index contributed by atoms with van der Waals surface area (Å²) in [7, 11) is 0. The first-order valence-electron chi connectivity index (χ1n) is 12.7. The molecule has 3 aromatic carbocycles. The Morgan fingerprint density at radius 3 is 1.74 bits per heavy atom. The zero-order valence-electron chi connectivity index (χ0n) is 21.5. The molecule has 0 radical (unpaired) electrons. The van der Waals surface area contributed by atoms with Crippen molar-refractivity contribution in [2.24, 2.45) is 10.2 Å². The highest BCUT2D eigenvalue weighted by atomic mass is 19.2. The summed E-state index contributed by atoms with van der Waals surface area (Å²) >= 11 is 0. The number of ether oxygens (including phenoxy) is 2. The zero-order chi connectivity index (χ0) is 27.3. The van der Waals surface area contributed by atoms with E-state index in [-0.39, 0.29) is 6.61 Å². The minimum atomic E-state index is -1.60. The van der Waals surface area contributed by atoms with E-state index in [1.165, 1.54) is 0 Å². The average Bonchev–Trinajstić information content (AvgIpc) is 2.94. The largest absolute Gasteiger partial charge is 0.494 e. The van der Waals surface area contributed by atoms with Crippen molar-refractivity contribution < 1.29 is 27.0 Å². The number of nitrogens with zero attached hydrogens (tertiary/aromatic N) is 2. The summed E-state index contributed by atoms with van der Waals surface area (Å²) in [6.45, 7) is 4.73. The van der Waals surface area contributed by atoms with Crippen LogP contribution in [0, 0.1) is 35.1 Å². The molecule has 4 nitrogen and oxygen atoms in total. The SMILES string of the molecule is CCCCCCOc1c(F)c(F)c(C#Cc2ccc(N=Nc3ccc(OCCCC)cc3)cc2)c(F)c1F. The van der Waals surface area contributed by atoms with Crippen LogP contribution in [0.25, 0.3) is 0 Å². The van der Waals surface area contributed by atoms with E-state index in [4.69, 9.17) is 9.47 Å². The maximum absolute atomic E-state index is 14.5. The minimum absolute atomic E-state index is 0.0415. The van der Waals surface area contributed by atoms with Gasteiger partial charge in [-0.3, -0.25) is 0 Å². The normalized spacial score (nSPS) is 10.9. The fourth-order valence-electron chi connectivity index (χ4n) is 3.36. The van der Waals surface area contributed by atoms with Crippen molar-refractivity contribution in [2.45, 2.75) is 52.4 Å². The van der Waals surface area contributed by atoms with Gasteiger partial charge in [0.25, 0.3) is 0 Å². The van der Waals surface area contributed by atoms with Crippen LogP contribution in [-0.4, -0.2) is 13.2 Å². The Hall–Kier alpha value is -3.86. The van der Waals surface area contributed by atoms with E-state index in [1.807, 2.05) is 19.1 Å². The van der Waals surface area contributed by atoms with Gasteiger partial charge in [0.2, 0.25) is 11.6 Å². The molecule has 0 aliphatic carbocycles. The molecule has 38 heavy (non-hydrogen) atoms. The van der Waals surface area contributed by atoms with E-state index in [2.05, 4.69) is 29.0 Å². The third-order valence-corrected chi connectivity index (χ3v) is 5.55. The monoisotopic (exact) mass is 526 g/mol. The topological polar surface area (TPSA) is 43.2 Å². The van der Waals surface area contributed by atoms with Crippen molar-refractivity contribution in [1.82, 2.24) is 0 Å². The highest BCUT2D eigenvalue weighted by molar-refractivity contribution is 5.50. The molecular formula is C30H30F4N2O2. The van der Waals surface area contributed by atoms with Gasteiger partial charge in [-0.2, -0.15) is 19.0 Å². The average molecular weight is 527 g/mol. The number of rotatable bonds is 12. The Morgan fingerprint density at radius 1 is 0.605 bits per heavy atom. The minimum Gasteiger partial charge on any atom is -0.494 e. The van der Waals surface area contributed by atoms with Gasteiger partial charge in [-0.1, -0.05) is 51.4 Å². The summed E-state index contributed by atoms with van der Waals surface area (Å²) in [6.07, 6.45) is 5.25. The third kappa shape index (κ3) is 8.07. The highest BCUT2D eigenvalue weighted by Gasteiger charge is 2.25. The molecule has 0 aromatic heterocycles. The van der Waals surface area contributed by atoms with Crippen molar-refractivity contribution in [3.05, 3.63) is 82.9 Å².